The van der Waals surface area contributed by atoms with E-state index in [2.05, 4.69) is 21.1 Å². The van der Waals surface area contributed by atoms with Gasteiger partial charge in [-0.3, -0.25) is 4.79 Å². The number of primary amides is 1. The van der Waals surface area contributed by atoms with Crippen LogP contribution in [-0.2, 0) is 11.3 Å². The summed E-state index contributed by atoms with van der Waals surface area (Å²) in [6.45, 7) is 2.42. The van der Waals surface area contributed by atoms with Crippen molar-refractivity contribution in [3.63, 3.8) is 0 Å². The van der Waals surface area contributed by atoms with Crippen molar-refractivity contribution in [3.05, 3.63) is 18.2 Å². The van der Waals surface area contributed by atoms with Gasteiger partial charge in [-0.25, -0.2) is 9.78 Å². The minimum absolute atomic E-state index is 0.0292. The molecule has 1 aromatic heterocycles. The molecule has 7 heteroatoms. The fourth-order valence-electron chi connectivity index (χ4n) is 3.48. The molecule has 1 aliphatic heterocycles. The standard InChI is InChI=1S/C16H25N5O2/c17-16(23)19-9-14(22)20-7-2-5-13(11-20)15-18-6-8-21(15)10-12-3-1-4-12/h6,8,12-13H,1-5,7,9-11H2,(H3,17,19,23)/t13-/m0/s1. The Labute approximate surface area is 136 Å². The van der Waals surface area contributed by atoms with Crippen molar-refractivity contribution >= 4 is 11.9 Å². The number of aromatic nitrogens is 2. The Morgan fingerprint density at radius 3 is 2.83 bits per heavy atom. The van der Waals surface area contributed by atoms with Crippen LogP contribution in [0.3, 0.4) is 0 Å². The molecule has 7 nitrogen and oxygen atoms in total. The predicted molar refractivity (Wildman–Crippen MR) is 85.7 cm³/mol. The molecule has 2 heterocycles. The molecule has 0 spiro atoms. The second-order valence-corrected chi connectivity index (χ2v) is 6.63. The number of urea groups is 1. The summed E-state index contributed by atoms with van der Waals surface area (Å²) in [5.41, 5.74) is 5.03. The molecule has 2 fully saturated rings. The highest BCUT2D eigenvalue weighted by Crippen LogP contribution is 2.31. The topological polar surface area (TPSA) is 93.2 Å². The molecule has 0 radical (unpaired) electrons. The van der Waals surface area contributed by atoms with E-state index in [1.165, 1.54) is 19.3 Å². The maximum atomic E-state index is 12.2. The van der Waals surface area contributed by atoms with E-state index in [1.54, 1.807) is 0 Å². The van der Waals surface area contributed by atoms with Gasteiger partial charge in [0.05, 0.1) is 6.54 Å². The molecule has 0 aromatic carbocycles. The van der Waals surface area contributed by atoms with Crippen LogP contribution in [-0.4, -0.2) is 46.0 Å². The zero-order valence-electron chi connectivity index (χ0n) is 13.4. The number of rotatable bonds is 5. The van der Waals surface area contributed by atoms with Gasteiger partial charge in [-0.2, -0.15) is 0 Å². The Hall–Kier alpha value is -2.05. The van der Waals surface area contributed by atoms with Gasteiger partial charge >= 0.3 is 6.03 Å². The number of nitrogens with one attached hydrogen (secondary N) is 1. The third kappa shape index (κ3) is 3.83. The summed E-state index contributed by atoms with van der Waals surface area (Å²) in [6.07, 6.45) is 9.90. The summed E-state index contributed by atoms with van der Waals surface area (Å²) in [5.74, 6) is 2.07. The van der Waals surface area contributed by atoms with E-state index in [-0.39, 0.29) is 18.4 Å². The summed E-state index contributed by atoms with van der Waals surface area (Å²) in [6, 6.07) is -0.664. The average molecular weight is 319 g/mol. The van der Waals surface area contributed by atoms with Gasteiger partial charge in [0.1, 0.15) is 5.82 Å². The largest absolute Gasteiger partial charge is 0.352 e. The molecule has 3 amide bonds. The Kier molecular flexibility index (Phi) is 4.83. The van der Waals surface area contributed by atoms with Crippen LogP contribution in [0.5, 0.6) is 0 Å². The number of nitrogens with zero attached hydrogens (tertiary/aromatic N) is 3. The first kappa shape index (κ1) is 15.8. The smallest absolute Gasteiger partial charge is 0.312 e. The third-order valence-electron chi connectivity index (χ3n) is 4.98. The number of hydrogen-bond acceptors (Lipinski definition) is 3. The molecule has 3 N–H and O–H groups in total. The fraction of sp³-hybridized carbons (Fsp3) is 0.688. The molecule has 1 saturated carbocycles. The van der Waals surface area contributed by atoms with Crippen LogP contribution in [0.15, 0.2) is 12.4 Å². The number of carbonyl (C=O) groups is 2. The maximum absolute atomic E-state index is 12.2. The highest BCUT2D eigenvalue weighted by Gasteiger charge is 2.28. The van der Waals surface area contributed by atoms with E-state index in [1.807, 2.05) is 11.1 Å². The van der Waals surface area contributed by atoms with Crippen molar-refractivity contribution < 1.29 is 9.59 Å². The third-order valence-corrected chi connectivity index (χ3v) is 4.98. The highest BCUT2D eigenvalue weighted by atomic mass is 16.2. The average Bonchev–Trinajstić information content (AvgIpc) is 2.97. The molecule has 126 valence electrons. The lowest BCUT2D eigenvalue weighted by Crippen LogP contribution is -2.45. The number of nitrogens with two attached hydrogens (primary N) is 1. The van der Waals surface area contributed by atoms with Gasteiger partial charge in [-0.15, -0.1) is 0 Å². The number of hydrogen-bond donors (Lipinski definition) is 2. The van der Waals surface area contributed by atoms with E-state index in [4.69, 9.17) is 5.73 Å². The second-order valence-electron chi connectivity index (χ2n) is 6.63. The Morgan fingerprint density at radius 1 is 1.30 bits per heavy atom. The van der Waals surface area contributed by atoms with Gasteiger partial charge in [-0.1, -0.05) is 6.42 Å². The lowest BCUT2D eigenvalue weighted by Gasteiger charge is -2.33. The van der Waals surface area contributed by atoms with Crippen molar-refractivity contribution in [1.29, 1.82) is 0 Å². The van der Waals surface area contributed by atoms with Crippen molar-refractivity contribution in [2.45, 2.75) is 44.6 Å². The van der Waals surface area contributed by atoms with Gasteiger partial charge in [-0.05, 0) is 31.6 Å². The molecule has 1 aromatic rings. The Balaban J connectivity index is 1.60. The molecule has 1 atom stereocenters. The summed E-state index contributed by atoms with van der Waals surface area (Å²) in [4.78, 5) is 29.3. The van der Waals surface area contributed by atoms with Crippen molar-refractivity contribution in [1.82, 2.24) is 19.8 Å². The second kappa shape index (κ2) is 7.02. The minimum Gasteiger partial charge on any atom is -0.352 e. The van der Waals surface area contributed by atoms with Crippen LogP contribution in [0.4, 0.5) is 4.79 Å². The van der Waals surface area contributed by atoms with Crippen molar-refractivity contribution in [2.24, 2.45) is 11.7 Å². The Bertz CT molecular complexity index is 567. The molecule has 1 aliphatic carbocycles. The van der Waals surface area contributed by atoms with E-state index in [9.17, 15) is 9.59 Å². The quantitative estimate of drug-likeness (QED) is 0.849. The normalized spacial score (nSPS) is 21.7. The Morgan fingerprint density at radius 2 is 2.13 bits per heavy atom. The lowest BCUT2D eigenvalue weighted by molar-refractivity contribution is -0.131. The molecule has 2 aliphatic rings. The molecular weight excluding hydrogens is 294 g/mol. The first-order valence-electron chi connectivity index (χ1n) is 8.45. The molecule has 1 saturated heterocycles. The van der Waals surface area contributed by atoms with Crippen molar-refractivity contribution in [2.75, 3.05) is 19.6 Å². The summed E-state index contributed by atoms with van der Waals surface area (Å²) in [7, 11) is 0. The molecular formula is C16H25N5O2. The first-order valence-corrected chi connectivity index (χ1v) is 8.45. The molecule has 23 heavy (non-hydrogen) atoms. The monoisotopic (exact) mass is 319 g/mol. The van der Waals surface area contributed by atoms with Crippen molar-refractivity contribution in [3.8, 4) is 0 Å². The van der Waals surface area contributed by atoms with Gasteiger partial charge in [0.15, 0.2) is 0 Å². The van der Waals surface area contributed by atoms with Crippen LogP contribution in [0, 0.1) is 5.92 Å². The number of likely N-dealkylation sites (tertiary alicyclic amines) is 1. The van der Waals surface area contributed by atoms with Crippen LogP contribution in [0.1, 0.15) is 43.8 Å². The molecule has 3 rings (SSSR count). The van der Waals surface area contributed by atoms with E-state index < -0.39 is 6.03 Å². The first-order chi connectivity index (χ1) is 11.1. The summed E-state index contributed by atoms with van der Waals surface area (Å²) < 4.78 is 2.27. The zero-order chi connectivity index (χ0) is 16.2. The van der Waals surface area contributed by atoms with Gasteiger partial charge in [0.25, 0.3) is 0 Å². The van der Waals surface area contributed by atoms with Gasteiger partial charge in [0, 0.05) is 37.9 Å². The van der Waals surface area contributed by atoms with Crippen LogP contribution < -0.4 is 11.1 Å². The van der Waals surface area contributed by atoms with Gasteiger partial charge < -0.3 is 20.5 Å². The number of amides is 3. The molecule has 0 bridgehead atoms. The van der Waals surface area contributed by atoms with E-state index >= 15 is 0 Å². The predicted octanol–water partition coefficient (Wildman–Crippen LogP) is 1.06. The SMILES string of the molecule is NC(=O)NCC(=O)N1CCC[C@H](c2nccn2CC2CCC2)C1. The number of imidazole rings is 1. The van der Waals surface area contributed by atoms with Crippen LogP contribution in [0.25, 0.3) is 0 Å². The fourth-order valence-corrected chi connectivity index (χ4v) is 3.48. The maximum Gasteiger partial charge on any atom is 0.312 e. The van der Waals surface area contributed by atoms with Crippen LogP contribution in [0.2, 0.25) is 0 Å². The van der Waals surface area contributed by atoms with E-state index in [0.717, 1.165) is 37.7 Å². The van der Waals surface area contributed by atoms with Crippen LogP contribution >= 0.6 is 0 Å². The van der Waals surface area contributed by atoms with Gasteiger partial charge in [0.2, 0.25) is 5.91 Å². The van der Waals surface area contributed by atoms with E-state index in [0.29, 0.717) is 6.54 Å². The lowest BCUT2D eigenvalue weighted by atomic mass is 9.85. The summed E-state index contributed by atoms with van der Waals surface area (Å²) >= 11 is 0. The number of piperidine rings is 1. The highest BCUT2D eigenvalue weighted by molar-refractivity contribution is 5.83. The molecule has 0 unspecified atom stereocenters. The number of carbonyl (C=O) groups excluding carboxylic acids is 2. The zero-order valence-corrected chi connectivity index (χ0v) is 13.4. The summed E-state index contributed by atoms with van der Waals surface area (Å²) in [5, 5.41) is 2.37. The minimum atomic E-state index is -0.664.